The number of aromatic nitrogens is 3. The average molecular weight is 301 g/mol. The molecule has 1 aromatic heterocycles. The Hall–Kier alpha value is -2.37. The maximum atomic E-state index is 12.2. The van der Waals surface area contributed by atoms with Gasteiger partial charge in [0, 0.05) is 30.4 Å². The minimum absolute atomic E-state index is 0.0170. The van der Waals surface area contributed by atoms with Gasteiger partial charge in [0.05, 0.1) is 6.54 Å². The summed E-state index contributed by atoms with van der Waals surface area (Å²) in [6.45, 7) is 8.70. The van der Waals surface area contributed by atoms with Gasteiger partial charge in [-0.2, -0.15) is 5.10 Å². The molecule has 0 aliphatic rings. The molecule has 0 saturated heterocycles. The fourth-order valence-corrected chi connectivity index (χ4v) is 2.37. The molecule has 1 heterocycles. The van der Waals surface area contributed by atoms with Crippen molar-refractivity contribution < 1.29 is 4.79 Å². The van der Waals surface area contributed by atoms with Crippen LogP contribution in [-0.2, 0) is 6.54 Å². The first kappa shape index (κ1) is 16.0. The summed E-state index contributed by atoms with van der Waals surface area (Å²) in [6.07, 6.45) is 3.13. The van der Waals surface area contributed by atoms with Crippen LogP contribution in [0.1, 0.15) is 31.1 Å². The SMILES string of the molecule is CCN(CC)c1ccc(C(=O)NC(C)Cn2cncn2)cc1. The number of amides is 1. The van der Waals surface area contributed by atoms with Crippen molar-refractivity contribution in [1.29, 1.82) is 0 Å². The molecule has 1 unspecified atom stereocenters. The Morgan fingerprint density at radius 1 is 1.27 bits per heavy atom. The molecule has 22 heavy (non-hydrogen) atoms. The van der Waals surface area contributed by atoms with E-state index in [9.17, 15) is 4.79 Å². The lowest BCUT2D eigenvalue weighted by molar-refractivity contribution is 0.0936. The Morgan fingerprint density at radius 3 is 2.50 bits per heavy atom. The van der Waals surface area contributed by atoms with Gasteiger partial charge in [-0.15, -0.1) is 0 Å². The van der Waals surface area contributed by atoms with Crippen molar-refractivity contribution in [2.75, 3.05) is 18.0 Å². The van der Waals surface area contributed by atoms with Gasteiger partial charge in [0.2, 0.25) is 0 Å². The lowest BCUT2D eigenvalue weighted by atomic mass is 10.1. The fraction of sp³-hybridized carbons (Fsp3) is 0.438. The molecule has 6 heteroatoms. The van der Waals surface area contributed by atoms with Gasteiger partial charge >= 0.3 is 0 Å². The smallest absolute Gasteiger partial charge is 0.251 e. The molecule has 6 nitrogen and oxygen atoms in total. The van der Waals surface area contributed by atoms with Crippen molar-refractivity contribution in [3.05, 3.63) is 42.5 Å². The molecule has 1 atom stereocenters. The van der Waals surface area contributed by atoms with Crippen LogP contribution in [0.3, 0.4) is 0 Å². The Balaban J connectivity index is 1.94. The summed E-state index contributed by atoms with van der Waals surface area (Å²) in [7, 11) is 0. The molecular weight excluding hydrogens is 278 g/mol. The third-order valence-electron chi connectivity index (χ3n) is 3.56. The summed E-state index contributed by atoms with van der Waals surface area (Å²) in [4.78, 5) is 18.4. The van der Waals surface area contributed by atoms with Crippen molar-refractivity contribution >= 4 is 11.6 Å². The zero-order valence-electron chi connectivity index (χ0n) is 13.4. The molecule has 1 amide bonds. The largest absolute Gasteiger partial charge is 0.372 e. The van der Waals surface area contributed by atoms with Gasteiger partial charge in [-0.25, -0.2) is 4.98 Å². The second kappa shape index (κ2) is 7.59. The van der Waals surface area contributed by atoms with E-state index in [1.165, 1.54) is 6.33 Å². The normalized spacial score (nSPS) is 12.0. The first-order valence-electron chi connectivity index (χ1n) is 7.62. The van der Waals surface area contributed by atoms with Gasteiger partial charge in [0.1, 0.15) is 12.7 Å². The average Bonchev–Trinajstić information content (AvgIpc) is 3.02. The lowest BCUT2D eigenvalue weighted by Gasteiger charge is -2.21. The van der Waals surface area contributed by atoms with Crippen molar-refractivity contribution in [2.45, 2.75) is 33.4 Å². The van der Waals surface area contributed by atoms with E-state index in [1.807, 2.05) is 31.2 Å². The summed E-state index contributed by atoms with van der Waals surface area (Å²) < 4.78 is 1.70. The molecule has 118 valence electrons. The van der Waals surface area contributed by atoms with Gasteiger partial charge in [0.15, 0.2) is 0 Å². The highest BCUT2D eigenvalue weighted by Crippen LogP contribution is 2.15. The van der Waals surface area contributed by atoms with Crippen LogP contribution in [0.25, 0.3) is 0 Å². The summed E-state index contributed by atoms with van der Waals surface area (Å²) in [5.41, 5.74) is 1.80. The topological polar surface area (TPSA) is 63.1 Å². The van der Waals surface area contributed by atoms with Crippen LogP contribution in [-0.4, -0.2) is 39.8 Å². The number of benzene rings is 1. The van der Waals surface area contributed by atoms with E-state index in [1.54, 1.807) is 11.0 Å². The Labute approximate surface area is 131 Å². The molecule has 1 N–H and O–H groups in total. The lowest BCUT2D eigenvalue weighted by Crippen LogP contribution is -2.35. The highest BCUT2D eigenvalue weighted by Gasteiger charge is 2.11. The number of rotatable bonds is 7. The Kier molecular flexibility index (Phi) is 5.52. The molecule has 0 aliphatic heterocycles. The van der Waals surface area contributed by atoms with Crippen LogP contribution < -0.4 is 10.2 Å². The van der Waals surface area contributed by atoms with E-state index in [2.05, 4.69) is 34.1 Å². The van der Waals surface area contributed by atoms with Crippen LogP contribution in [0.15, 0.2) is 36.9 Å². The molecule has 2 rings (SSSR count). The number of nitrogens with one attached hydrogen (secondary N) is 1. The van der Waals surface area contributed by atoms with Crippen molar-refractivity contribution in [1.82, 2.24) is 20.1 Å². The highest BCUT2D eigenvalue weighted by atomic mass is 16.1. The number of hydrogen-bond acceptors (Lipinski definition) is 4. The van der Waals surface area contributed by atoms with Gasteiger partial charge in [-0.1, -0.05) is 0 Å². The Morgan fingerprint density at radius 2 is 1.95 bits per heavy atom. The fourth-order valence-electron chi connectivity index (χ4n) is 2.37. The number of hydrogen-bond donors (Lipinski definition) is 1. The maximum absolute atomic E-state index is 12.2. The van der Waals surface area contributed by atoms with Gasteiger partial charge < -0.3 is 10.2 Å². The second-order valence-corrected chi connectivity index (χ2v) is 5.21. The number of carbonyl (C=O) groups is 1. The number of nitrogens with zero attached hydrogens (tertiary/aromatic N) is 4. The third kappa shape index (κ3) is 4.07. The molecule has 0 saturated carbocycles. The monoisotopic (exact) mass is 301 g/mol. The number of anilines is 1. The van der Waals surface area contributed by atoms with Gasteiger partial charge in [0.25, 0.3) is 5.91 Å². The molecule has 1 aromatic carbocycles. The summed E-state index contributed by atoms with van der Waals surface area (Å²) in [6, 6.07) is 7.70. The Bertz CT molecular complexity index is 575. The molecular formula is C16H23N5O. The molecule has 0 spiro atoms. The van der Waals surface area contributed by atoms with Crippen molar-refractivity contribution in [2.24, 2.45) is 0 Å². The molecule has 0 fully saturated rings. The van der Waals surface area contributed by atoms with E-state index in [4.69, 9.17) is 0 Å². The van der Waals surface area contributed by atoms with Gasteiger partial charge in [-0.05, 0) is 45.0 Å². The van der Waals surface area contributed by atoms with Crippen LogP contribution in [0.2, 0.25) is 0 Å². The number of carbonyl (C=O) groups excluding carboxylic acids is 1. The van der Waals surface area contributed by atoms with E-state index in [0.717, 1.165) is 18.8 Å². The standard InChI is InChI=1S/C16H23N5O/c1-4-20(5-2)15-8-6-14(7-9-15)16(22)19-13(3)10-21-12-17-11-18-21/h6-9,11-13H,4-5,10H2,1-3H3,(H,19,22). The minimum atomic E-state index is -0.0706. The predicted octanol–water partition coefficient (Wildman–Crippen LogP) is 1.94. The summed E-state index contributed by atoms with van der Waals surface area (Å²) >= 11 is 0. The van der Waals surface area contributed by atoms with E-state index in [-0.39, 0.29) is 11.9 Å². The van der Waals surface area contributed by atoms with Crippen molar-refractivity contribution in [3.8, 4) is 0 Å². The zero-order chi connectivity index (χ0) is 15.9. The first-order chi connectivity index (χ1) is 10.6. The summed E-state index contributed by atoms with van der Waals surface area (Å²) in [5.74, 6) is -0.0706. The molecule has 2 aromatic rings. The third-order valence-corrected chi connectivity index (χ3v) is 3.56. The first-order valence-corrected chi connectivity index (χ1v) is 7.62. The van der Waals surface area contributed by atoms with Crippen LogP contribution in [0.4, 0.5) is 5.69 Å². The zero-order valence-corrected chi connectivity index (χ0v) is 13.4. The van der Waals surface area contributed by atoms with Crippen molar-refractivity contribution in [3.63, 3.8) is 0 Å². The predicted molar refractivity (Wildman–Crippen MR) is 87.0 cm³/mol. The quantitative estimate of drug-likeness (QED) is 0.849. The second-order valence-electron chi connectivity index (χ2n) is 5.21. The molecule has 0 radical (unpaired) electrons. The van der Waals surface area contributed by atoms with Crippen LogP contribution in [0, 0.1) is 0 Å². The van der Waals surface area contributed by atoms with E-state index < -0.39 is 0 Å². The van der Waals surface area contributed by atoms with Gasteiger partial charge in [-0.3, -0.25) is 9.48 Å². The van der Waals surface area contributed by atoms with E-state index in [0.29, 0.717) is 12.1 Å². The highest BCUT2D eigenvalue weighted by molar-refractivity contribution is 5.94. The molecule has 0 aliphatic carbocycles. The minimum Gasteiger partial charge on any atom is -0.372 e. The molecule has 0 bridgehead atoms. The van der Waals surface area contributed by atoms with E-state index >= 15 is 0 Å². The van der Waals surface area contributed by atoms with Crippen LogP contribution in [0.5, 0.6) is 0 Å². The van der Waals surface area contributed by atoms with Crippen LogP contribution >= 0.6 is 0 Å². The summed E-state index contributed by atoms with van der Waals surface area (Å²) in [5, 5.41) is 7.00. The maximum Gasteiger partial charge on any atom is 0.251 e.